The van der Waals surface area contributed by atoms with E-state index in [2.05, 4.69) is 4.89 Å². The third kappa shape index (κ3) is 4.81. The molecule has 5 heteroatoms. The zero-order valence-corrected chi connectivity index (χ0v) is 11.3. The normalized spacial score (nSPS) is 12.8. The summed E-state index contributed by atoms with van der Waals surface area (Å²) in [5, 5.41) is 8.68. The standard InChI is InChI=1S/C14H18O5/c1-10(8-14(2,3)19-17)18-13(16)12-6-4-5-11(7-12)9-15/h4-7,9-10,17H,8H2,1-3H3. The predicted octanol–water partition coefficient (Wildman–Crippen LogP) is 2.70. The molecule has 0 aliphatic carbocycles. The van der Waals surface area contributed by atoms with Gasteiger partial charge in [-0.3, -0.25) is 10.1 Å². The van der Waals surface area contributed by atoms with E-state index in [1.54, 1.807) is 39.0 Å². The van der Waals surface area contributed by atoms with E-state index in [0.29, 0.717) is 23.8 Å². The molecule has 0 radical (unpaired) electrons. The van der Waals surface area contributed by atoms with Gasteiger partial charge in [0, 0.05) is 12.0 Å². The van der Waals surface area contributed by atoms with E-state index in [-0.39, 0.29) is 0 Å². The van der Waals surface area contributed by atoms with Gasteiger partial charge in [-0.05, 0) is 32.9 Å². The molecule has 0 bridgehead atoms. The maximum atomic E-state index is 11.9. The molecular formula is C14H18O5. The van der Waals surface area contributed by atoms with Crippen LogP contribution in [-0.2, 0) is 9.62 Å². The molecule has 1 atom stereocenters. The van der Waals surface area contributed by atoms with Crippen molar-refractivity contribution in [2.75, 3.05) is 0 Å². The van der Waals surface area contributed by atoms with Gasteiger partial charge in [0.25, 0.3) is 0 Å². The highest BCUT2D eigenvalue weighted by Crippen LogP contribution is 2.18. The van der Waals surface area contributed by atoms with Gasteiger partial charge in [-0.1, -0.05) is 12.1 Å². The molecule has 0 amide bonds. The van der Waals surface area contributed by atoms with Crippen LogP contribution in [0.5, 0.6) is 0 Å². The summed E-state index contributed by atoms with van der Waals surface area (Å²) in [6.07, 6.45) is 0.598. The minimum Gasteiger partial charge on any atom is -0.459 e. The molecule has 19 heavy (non-hydrogen) atoms. The second kappa shape index (κ2) is 6.45. The average Bonchev–Trinajstić information content (AvgIpc) is 2.38. The van der Waals surface area contributed by atoms with Gasteiger partial charge in [0.1, 0.15) is 18.0 Å². The van der Waals surface area contributed by atoms with Gasteiger partial charge in [0.2, 0.25) is 0 Å². The number of rotatable bonds is 6. The third-order valence-electron chi connectivity index (χ3n) is 2.59. The van der Waals surface area contributed by atoms with E-state index >= 15 is 0 Å². The first-order valence-electron chi connectivity index (χ1n) is 5.97. The highest BCUT2D eigenvalue weighted by molar-refractivity contribution is 5.91. The van der Waals surface area contributed by atoms with E-state index < -0.39 is 17.7 Å². The van der Waals surface area contributed by atoms with Crippen LogP contribution in [0.25, 0.3) is 0 Å². The summed E-state index contributed by atoms with van der Waals surface area (Å²) in [7, 11) is 0. The average molecular weight is 266 g/mol. The zero-order valence-electron chi connectivity index (χ0n) is 11.3. The highest BCUT2D eigenvalue weighted by Gasteiger charge is 2.24. The van der Waals surface area contributed by atoms with Crippen LogP contribution >= 0.6 is 0 Å². The number of esters is 1. The van der Waals surface area contributed by atoms with Crippen LogP contribution < -0.4 is 0 Å². The number of carbonyl (C=O) groups excluding carboxylic acids is 2. The van der Waals surface area contributed by atoms with E-state index in [0.717, 1.165) is 0 Å². The molecule has 1 aromatic rings. The molecule has 1 aromatic carbocycles. The lowest BCUT2D eigenvalue weighted by Gasteiger charge is -2.24. The van der Waals surface area contributed by atoms with Gasteiger partial charge in [-0.25, -0.2) is 9.68 Å². The second-order valence-corrected chi connectivity index (χ2v) is 5.01. The Morgan fingerprint density at radius 1 is 1.47 bits per heavy atom. The van der Waals surface area contributed by atoms with Crippen molar-refractivity contribution in [3.8, 4) is 0 Å². The topological polar surface area (TPSA) is 72.8 Å². The third-order valence-corrected chi connectivity index (χ3v) is 2.59. The Morgan fingerprint density at radius 2 is 2.16 bits per heavy atom. The minimum absolute atomic E-state index is 0.319. The van der Waals surface area contributed by atoms with Crippen molar-refractivity contribution in [1.82, 2.24) is 0 Å². The van der Waals surface area contributed by atoms with E-state index in [1.807, 2.05) is 0 Å². The molecule has 0 heterocycles. The van der Waals surface area contributed by atoms with Crippen LogP contribution in [0.3, 0.4) is 0 Å². The Bertz CT molecular complexity index is 453. The molecule has 0 saturated carbocycles. The summed E-state index contributed by atoms with van der Waals surface area (Å²) in [5.41, 5.74) is -0.0510. The smallest absolute Gasteiger partial charge is 0.338 e. The van der Waals surface area contributed by atoms with E-state index in [9.17, 15) is 9.59 Å². The quantitative estimate of drug-likeness (QED) is 0.371. The minimum atomic E-state index is -0.787. The number of hydrogen-bond acceptors (Lipinski definition) is 5. The summed E-state index contributed by atoms with van der Waals surface area (Å²) < 4.78 is 5.23. The van der Waals surface area contributed by atoms with Crippen LogP contribution in [0.1, 0.15) is 47.9 Å². The summed E-state index contributed by atoms with van der Waals surface area (Å²) >= 11 is 0. The highest BCUT2D eigenvalue weighted by atomic mass is 17.1. The fourth-order valence-electron chi connectivity index (χ4n) is 1.76. The van der Waals surface area contributed by atoms with Crippen molar-refractivity contribution in [2.45, 2.75) is 38.9 Å². The van der Waals surface area contributed by atoms with E-state index in [4.69, 9.17) is 9.99 Å². The maximum Gasteiger partial charge on any atom is 0.338 e. The lowest BCUT2D eigenvalue weighted by atomic mass is 10.0. The molecule has 1 N–H and O–H groups in total. The Hall–Kier alpha value is -1.72. The number of benzene rings is 1. The number of ether oxygens (including phenoxy) is 1. The van der Waals surface area contributed by atoms with Crippen molar-refractivity contribution >= 4 is 12.3 Å². The molecule has 0 fully saturated rings. The summed E-state index contributed by atoms with van der Waals surface area (Å²) in [5.74, 6) is -0.509. The lowest BCUT2D eigenvalue weighted by molar-refractivity contribution is -0.317. The molecule has 1 rings (SSSR count). The van der Waals surface area contributed by atoms with Crippen LogP contribution in [-0.4, -0.2) is 29.2 Å². The Morgan fingerprint density at radius 3 is 2.74 bits per heavy atom. The number of aldehydes is 1. The van der Waals surface area contributed by atoms with Gasteiger partial charge in [-0.2, -0.15) is 0 Å². The fourth-order valence-corrected chi connectivity index (χ4v) is 1.76. The summed E-state index contributed by atoms with van der Waals surface area (Å²) in [4.78, 5) is 26.8. The Balaban J connectivity index is 2.66. The van der Waals surface area contributed by atoms with Crippen molar-refractivity contribution in [3.63, 3.8) is 0 Å². The lowest BCUT2D eigenvalue weighted by Crippen LogP contribution is -2.30. The Labute approximate surface area is 112 Å². The van der Waals surface area contributed by atoms with Gasteiger partial charge in [0.05, 0.1) is 5.56 Å². The van der Waals surface area contributed by atoms with Gasteiger partial charge in [-0.15, -0.1) is 0 Å². The van der Waals surface area contributed by atoms with Crippen molar-refractivity contribution in [3.05, 3.63) is 35.4 Å². The van der Waals surface area contributed by atoms with Crippen molar-refractivity contribution < 1.29 is 24.5 Å². The summed E-state index contributed by atoms with van der Waals surface area (Å²) in [6.45, 7) is 5.08. The molecule has 5 nitrogen and oxygen atoms in total. The molecular weight excluding hydrogens is 248 g/mol. The van der Waals surface area contributed by atoms with Crippen molar-refractivity contribution in [2.24, 2.45) is 0 Å². The van der Waals surface area contributed by atoms with Gasteiger partial charge >= 0.3 is 5.97 Å². The first-order chi connectivity index (χ1) is 8.88. The van der Waals surface area contributed by atoms with Crippen LogP contribution in [0.2, 0.25) is 0 Å². The predicted molar refractivity (Wildman–Crippen MR) is 69.1 cm³/mol. The Kier molecular flexibility index (Phi) is 5.20. The SMILES string of the molecule is CC(CC(C)(C)OO)OC(=O)c1cccc(C=O)c1. The molecule has 104 valence electrons. The molecule has 0 aliphatic heterocycles. The monoisotopic (exact) mass is 266 g/mol. The number of carbonyl (C=O) groups is 2. The first kappa shape index (κ1) is 15.3. The maximum absolute atomic E-state index is 11.9. The number of hydrogen-bond donors (Lipinski definition) is 1. The van der Waals surface area contributed by atoms with E-state index in [1.165, 1.54) is 6.07 Å². The summed E-state index contributed by atoms with van der Waals surface area (Å²) in [6, 6.07) is 6.27. The molecule has 0 aliphatic rings. The first-order valence-corrected chi connectivity index (χ1v) is 5.97. The second-order valence-electron chi connectivity index (χ2n) is 5.01. The fraction of sp³-hybridized carbons (Fsp3) is 0.429. The largest absolute Gasteiger partial charge is 0.459 e. The molecule has 1 unspecified atom stereocenters. The van der Waals surface area contributed by atoms with Crippen LogP contribution in [0, 0.1) is 0 Å². The molecule has 0 aromatic heterocycles. The molecule has 0 spiro atoms. The van der Waals surface area contributed by atoms with Crippen LogP contribution in [0.15, 0.2) is 24.3 Å². The zero-order chi connectivity index (χ0) is 14.5. The molecule has 0 saturated heterocycles. The van der Waals surface area contributed by atoms with Crippen molar-refractivity contribution in [1.29, 1.82) is 0 Å². The van der Waals surface area contributed by atoms with Crippen LogP contribution in [0.4, 0.5) is 0 Å². The van der Waals surface area contributed by atoms with Gasteiger partial charge < -0.3 is 4.74 Å². The van der Waals surface area contributed by atoms with Gasteiger partial charge in [0.15, 0.2) is 0 Å².